The first-order valence-electron chi connectivity index (χ1n) is 10.4. The Morgan fingerprint density at radius 3 is 2.59 bits per heavy atom. The van der Waals surface area contributed by atoms with E-state index in [1.165, 1.54) is 18.9 Å². The van der Waals surface area contributed by atoms with Gasteiger partial charge in [-0.15, -0.1) is 5.92 Å². The second kappa shape index (κ2) is 7.42. The number of anilines is 2. The van der Waals surface area contributed by atoms with Crippen molar-refractivity contribution in [3.63, 3.8) is 0 Å². The van der Waals surface area contributed by atoms with Gasteiger partial charge in [0.05, 0.1) is 35.7 Å². The minimum atomic E-state index is -0.473. The Labute approximate surface area is 190 Å². The molecule has 3 aliphatic carbocycles. The van der Waals surface area contributed by atoms with Gasteiger partial charge in [0.2, 0.25) is 5.91 Å². The summed E-state index contributed by atoms with van der Waals surface area (Å²) in [7, 11) is 1.39. The van der Waals surface area contributed by atoms with Crippen molar-refractivity contribution in [2.45, 2.75) is 36.0 Å². The topological polar surface area (TPSA) is 75.7 Å². The largest absolute Gasteiger partial charge is 0.469 e. The quantitative estimate of drug-likeness (QED) is 0.565. The fraction of sp³-hybridized carbons (Fsp3) is 0.320. The second-order valence-corrected chi connectivity index (χ2v) is 9.72. The summed E-state index contributed by atoms with van der Waals surface area (Å²) in [5.41, 5.74) is 1.15. The zero-order chi connectivity index (χ0) is 22.5. The van der Waals surface area contributed by atoms with Crippen LogP contribution in [0.4, 0.5) is 11.4 Å². The number of hydrogen-bond acceptors (Lipinski definition) is 5. The Hall–Kier alpha value is -3.24. The molecule has 6 nitrogen and oxygen atoms in total. The van der Waals surface area contributed by atoms with E-state index in [2.05, 4.69) is 17.2 Å². The number of nitrogens with one attached hydrogen (secondary N) is 1. The Morgan fingerprint density at radius 2 is 1.88 bits per heavy atom. The molecule has 2 aromatic rings. The molecule has 0 radical (unpaired) electrons. The number of amides is 2. The zero-order valence-corrected chi connectivity index (χ0v) is 18.7. The highest BCUT2D eigenvalue weighted by Gasteiger charge is 2.75. The Kier molecular flexibility index (Phi) is 4.79. The van der Waals surface area contributed by atoms with Crippen LogP contribution in [0.5, 0.6) is 0 Å². The summed E-state index contributed by atoms with van der Waals surface area (Å²) < 4.78 is 4.87. The van der Waals surface area contributed by atoms with E-state index in [9.17, 15) is 14.4 Å². The lowest BCUT2D eigenvalue weighted by Gasteiger charge is -2.66. The number of esters is 1. The molecule has 2 bridgehead atoms. The molecular weight excluding hydrogens is 424 g/mol. The van der Waals surface area contributed by atoms with Crippen LogP contribution in [-0.4, -0.2) is 31.4 Å². The molecule has 162 valence electrons. The third-order valence-electron chi connectivity index (χ3n) is 6.64. The molecular formula is C25H22N2O4S. The van der Waals surface area contributed by atoms with Crippen molar-refractivity contribution in [1.29, 1.82) is 0 Å². The molecule has 1 N–H and O–H groups in total. The summed E-state index contributed by atoms with van der Waals surface area (Å²) >= 11 is 1.51. The lowest BCUT2D eigenvalue weighted by atomic mass is 9.35. The number of fused-ring (bicyclic) bond motifs is 2. The summed E-state index contributed by atoms with van der Waals surface area (Å²) in [5.74, 6) is 5.48. The Morgan fingerprint density at radius 1 is 1.12 bits per heavy atom. The summed E-state index contributed by atoms with van der Waals surface area (Å²) in [6.45, 7) is 2.04. The molecule has 7 heteroatoms. The Bertz CT molecular complexity index is 1210. The summed E-state index contributed by atoms with van der Waals surface area (Å²) in [5, 5.41) is 3.02. The minimum absolute atomic E-state index is 0.0629. The highest BCUT2D eigenvalue weighted by Crippen LogP contribution is 2.74. The number of carbonyl (C=O) groups is 3. The van der Waals surface area contributed by atoms with Gasteiger partial charge in [-0.1, -0.05) is 29.8 Å². The molecule has 0 atom stereocenters. The molecule has 0 unspecified atom stereocenters. The Balaban J connectivity index is 1.41. The van der Waals surface area contributed by atoms with Crippen molar-refractivity contribution in [1.82, 2.24) is 0 Å². The van der Waals surface area contributed by atoms with Crippen LogP contribution in [0.15, 0.2) is 52.3 Å². The van der Waals surface area contributed by atoms with Crippen LogP contribution < -0.4 is 10.2 Å². The van der Waals surface area contributed by atoms with Crippen molar-refractivity contribution in [2.75, 3.05) is 23.9 Å². The maximum Gasteiger partial charge on any atom is 0.311 e. The van der Waals surface area contributed by atoms with Gasteiger partial charge in [0.25, 0.3) is 5.91 Å². The van der Waals surface area contributed by atoms with Crippen LogP contribution in [-0.2, 0) is 14.3 Å². The smallest absolute Gasteiger partial charge is 0.311 e. The van der Waals surface area contributed by atoms with E-state index in [0.717, 1.165) is 15.5 Å². The number of hydrogen-bond donors (Lipinski definition) is 1. The van der Waals surface area contributed by atoms with Gasteiger partial charge in [-0.2, -0.15) is 0 Å². The standard InChI is InChI=1S/C25H22N2O4S/c1-3-4-11-27-18-10-9-16(12-20(18)32-19-8-6-5-7-17(19)21(27)28)26-22(29)24-13-25(14-24,15-24)23(30)31-2/h5-10,12H,11,13-15H2,1-2H3,(H,26,29). The van der Waals surface area contributed by atoms with E-state index in [-0.39, 0.29) is 17.8 Å². The van der Waals surface area contributed by atoms with E-state index in [1.807, 2.05) is 42.5 Å². The SMILES string of the molecule is CC#CCN1C(=O)c2ccccc2Sc2cc(NC(=O)C34CC(C(=O)OC)(C3)C4)ccc21. The van der Waals surface area contributed by atoms with Gasteiger partial charge < -0.3 is 10.1 Å². The van der Waals surface area contributed by atoms with E-state index in [1.54, 1.807) is 11.8 Å². The van der Waals surface area contributed by atoms with Crippen molar-refractivity contribution in [3.05, 3.63) is 48.0 Å². The fourth-order valence-electron chi connectivity index (χ4n) is 5.04. The van der Waals surface area contributed by atoms with Crippen LogP contribution in [0.25, 0.3) is 0 Å². The van der Waals surface area contributed by atoms with Crippen LogP contribution >= 0.6 is 11.8 Å². The van der Waals surface area contributed by atoms with Crippen molar-refractivity contribution in [3.8, 4) is 11.8 Å². The monoisotopic (exact) mass is 446 g/mol. The van der Waals surface area contributed by atoms with Gasteiger partial charge >= 0.3 is 5.97 Å². The predicted octanol–water partition coefficient (Wildman–Crippen LogP) is 4.10. The molecule has 0 aromatic heterocycles. The first-order chi connectivity index (χ1) is 15.4. The predicted molar refractivity (Wildman–Crippen MR) is 121 cm³/mol. The van der Waals surface area contributed by atoms with E-state index >= 15 is 0 Å². The van der Waals surface area contributed by atoms with Crippen molar-refractivity contribution in [2.24, 2.45) is 10.8 Å². The summed E-state index contributed by atoms with van der Waals surface area (Å²) in [6.07, 6.45) is 1.64. The van der Waals surface area contributed by atoms with Gasteiger partial charge in [-0.05, 0) is 56.5 Å². The third kappa shape index (κ3) is 3.01. The molecule has 6 rings (SSSR count). The number of ether oxygens (including phenoxy) is 1. The molecule has 0 saturated heterocycles. The van der Waals surface area contributed by atoms with Crippen molar-refractivity contribution < 1.29 is 19.1 Å². The molecule has 4 aliphatic rings. The maximum absolute atomic E-state index is 13.2. The van der Waals surface area contributed by atoms with E-state index in [0.29, 0.717) is 37.1 Å². The summed E-state index contributed by atoms with van der Waals surface area (Å²) in [6, 6.07) is 13.1. The molecule has 32 heavy (non-hydrogen) atoms. The first-order valence-corrected chi connectivity index (χ1v) is 11.3. The first kappa shape index (κ1) is 20.7. The molecule has 2 aromatic carbocycles. The maximum atomic E-state index is 13.2. The van der Waals surface area contributed by atoms with Gasteiger partial charge in [0.15, 0.2) is 0 Å². The van der Waals surface area contributed by atoms with E-state index in [4.69, 9.17) is 4.74 Å². The average Bonchev–Trinajstić information content (AvgIpc) is 2.84. The molecule has 3 saturated carbocycles. The van der Waals surface area contributed by atoms with Crippen LogP contribution in [0.2, 0.25) is 0 Å². The lowest BCUT2D eigenvalue weighted by Crippen LogP contribution is -2.69. The van der Waals surface area contributed by atoms with Crippen LogP contribution in [0.1, 0.15) is 36.5 Å². The molecule has 1 aliphatic heterocycles. The number of methoxy groups -OCH3 is 1. The zero-order valence-electron chi connectivity index (χ0n) is 17.9. The van der Waals surface area contributed by atoms with E-state index < -0.39 is 10.8 Å². The number of benzene rings is 2. The minimum Gasteiger partial charge on any atom is -0.469 e. The normalized spacial score (nSPS) is 24.4. The highest BCUT2D eigenvalue weighted by molar-refractivity contribution is 7.99. The molecule has 2 amide bonds. The summed E-state index contributed by atoms with van der Waals surface area (Å²) in [4.78, 5) is 41.5. The molecule has 3 fully saturated rings. The number of rotatable bonds is 4. The van der Waals surface area contributed by atoms with Gasteiger partial charge in [-0.3, -0.25) is 19.3 Å². The van der Waals surface area contributed by atoms with Crippen molar-refractivity contribution >= 4 is 40.9 Å². The molecule has 0 spiro atoms. The average molecular weight is 447 g/mol. The lowest BCUT2D eigenvalue weighted by molar-refractivity contribution is -0.220. The second-order valence-electron chi connectivity index (χ2n) is 8.64. The van der Waals surface area contributed by atoms with Crippen LogP contribution in [0, 0.1) is 22.7 Å². The number of carbonyl (C=O) groups excluding carboxylic acids is 3. The van der Waals surface area contributed by atoms with Crippen LogP contribution in [0.3, 0.4) is 0 Å². The van der Waals surface area contributed by atoms with Gasteiger partial charge in [0.1, 0.15) is 0 Å². The molecule has 1 heterocycles. The fourth-order valence-corrected chi connectivity index (χ4v) is 6.16. The van der Waals surface area contributed by atoms with Gasteiger partial charge in [-0.25, -0.2) is 0 Å². The highest BCUT2D eigenvalue weighted by atomic mass is 32.2. The number of nitrogens with zero attached hydrogens (tertiary/aromatic N) is 1. The third-order valence-corrected chi connectivity index (χ3v) is 7.76. The van der Waals surface area contributed by atoms with Gasteiger partial charge in [0, 0.05) is 15.5 Å².